The zero-order valence-corrected chi connectivity index (χ0v) is 14.5. The molecule has 1 aliphatic carbocycles. The first kappa shape index (κ1) is 17.5. The summed E-state index contributed by atoms with van der Waals surface area (Å²) in [5.74, 6) is 0.617. The lowest BCUT2D eigenvalue weighted by Crippen LogP contribution is -2.53. The molecule has 7 heteroatoms. The van der Waals surface area contributed by atoms with Gasteiger partial charge in [0.05, 0.1) is 0 Å². The van der Waals surface area contributed by atoms with Gasteiger partial charge in [-0.15, -0.1) is 12.4 Å². The molecule has 0 aromatic carbocycles. The second kappa shape index (κ2) is 7.13. The van der Waals surface area contributed by atoms with Crippen LogP contribution < -0.4 is 5.32 Å². The highest BCUT2D eigenvalue weighted by Crippen LogP contribution is 2.40. The Morgan fingerprint density at radius 3 is 2.43 bits per heavy atom. The molecular formula is C14H28ClN3O2S. The highest BCUT2D eigenvalue weighted by Gasteiger charge is 2.46. The van der Waals surface area contributed by atoms with Gasteiger partial charge in [0.15, 0.2) is 0 Å². The van der Waals surface area contributed by atoms with E-state index in [2.05, 4.69) is 12.2 Å². The van der Waals surface area contributed by atoms with Crippen molar-refractivity contribution in [1.29, 1.82) is 0 Å². The van der Waals surface area contributed by atoms with E-state index < -0.39 is 10.2 Å². The summed E-state index contributed by atoms with van der Waals surface area (Å²) < 4.78 is 29.7. The Balaban J connectivity index is 0.00000161. The van der Waals surface area contributed by atoms with Crippen LogP contribution in [0.1, 0.15) is 45.4 Å². The Kier molecular flexibility index (Phi) is 5.93. The number of piperidine rings is 2. The van der Waals surface area contributed by atoms with Gasteiger partial charge in [-0.05, 0) is 57.5 Å². The van der Waals surface area contributed by atoms with Crippen molar-refractivity contribution in [2.45, 2.75) is 57.5 Å². The van der Waals surface area contributed by atoms with Gasteiger partial charge in [0, 0.05) is 25.2 Å². The standard InChI is InChI=1S/C14H27N3O2S.ClH/c1-2-9-16(13-5-7-15-8-6-13)20(18,19)17-11-12-3-4-14(17)10-12;/h12-15H,2-11H2,1H3;1H. The van der Waals surface area contributed by atoms with Crippen LogP contribution in [0.3, 0.4) is 0 Å². The molecule has 21 heavy (non-hydrogen) atoms. The fraction of sp³-hybridized carbons (Fsp3) is 1.00. The predicted molar refractivity (Wildman–Crippen MR) is 86.9 cm³/mol. The summed E-state index contributed by atoms with van der Waals surface area (Å²) in [5, 5.41) is 3.32. The van der Waals surface area contributed by atoms with E-state index in [-0.39, 0.29) is 24.5 Å². The molecule has 2 aliphatic heterocycles. The second-order valence-corrected chi connectivity index (χ2v) is 8.34. The van der Waals surface area contributed by atoms with Crippen LogP contribution in [0.25, 0.3) is 0 Å². The third kappa shape index (κ3) is 3.39. The minimum Gasteiger partial charge on any atom is -0.317 e. The zero-order chi connectivity index (χ0) is 14.2. The topological polar surface area (TPSA) is 52.7 Å². The Morgan fingerprint density at radius 1 is 1.19 bits per heavy atom. The fourth-order valence-electron chi connectivity index (χ4n) is 4.10. The summed E-state index contributed by atoms with van der Waals surface area (Å²) in [5.41, 5.74) is 0. The quantitative estimate of drug-likeness (QED) is 0.829. The summed E-state index contributed by atoms with van der Waals surface area (Å²) in [4.78, 5) is 0. The van der Waals surface area contributed by atoms with Crippen LogP contribution in [0.2, 0.25) is 0 Å². The van der Waals surface area contributed by atoms with Gasteiger partial charge in [-0.25, -0.2) is 0 Å². The Labute approximate surface area is 135 Å². The minimum absolute atomic E-state index is 0. The van der Waals surface area contributed by atoms with Crippen LogP contribution in [0.15, 0.2) is 0 Å². The van der Waals surface area contributed by atoms with Crippen LogP contribution in [-0.2, 0) is 10.2 Å². The highest BCUT2D eigenvalue weighted by molar-refractivity contribution is 7.86. The molecule has 3 aliphatic rings. The van der Waals surface area contributed by atoms with Crippen LogP contribution in [0.4, 0.5) is 0 Å². The third-order valence-corrected chi connectivity index (χ3v) is 7.22. The number of halogens is 1. The van der Waals surface area contributed by atoms with E-state index in [0.29, 0.717) is 12.5 Å². The van der Waals surface area contributed by atoms with Crippen molar-refractivity contribution in [2.75, 3.05) is 26.2 Å². The predicted octanol–water partition coefficient (Wildman–Crippen LogP) is 1.60. The number of fused-ring (bicyclic) bond motifs is 2. The van der Waals surface area contributed by atoms with E-state index in [4.69, 9.17) is 0 Å². The molecule has 2 bridgehead atoms. The van der Waals surface area contributed by atoms with Gasteiger partial charge in [0.1, 0.15) is 0 Å². The first-order valence-electron chi connectivity index (χ1n) is 8.12. The molecule has 3 rings (SSSR count). The maximum Gasteiger partial charge on any atom is 0.282 e. The average molecular weight is 338 g/mol. The molecule has 124 valence electrons. The van der Waals surface area contributed by atoms with Crippen LogP contribution in [0.5, 0.6) is 0 Å². The summed E-state index contributed by atoms with van der Waals surface area (Å²) in [7, 11) is -3.25. The van der Waals surface area contributed by atoms with Crippen LogP contribution in [0, 0.1) is 5.92 Å². The van der Waals surface area contributed by atoms with Gasteiger partial charge < -0.3 is 5.32 Å². The third-order valence-electron chi connectivity index (χ3n) is 5.11. The molecule has 1 saturated carbocycles. The van der Waals surface area contributed by atoms with Crippen molar-refractivity contribution in [3.05, 3.63) is 0 Å². The van der Waals surface area contributed by atoms with Gasteiger partial charge >= 0.3 is 0 Å². The van der Waals surface area contributed by atoms with Gasteiger partial charge in [-0.2, -0.15) is 17.0 Å². The number of nitrogens with one attached hydrogen (secondary N) is 1. The molecule has 1 N–H and O–H groups in total. The summed E-state index contributed by atoms with van der Waals surface area (Å²) >= 11 is 0. The van der Waals surface area contributed by atoms with Crippen molar-refractivity contribution >= 4 is 22.6 Å². The molecule has 0 spiro atoms. The van der Waals surface area contributed by atoms with Crippen molar-refractivity contribution in [2.24, 2.45) is 5.92 Å². The van der Waals surface area contributed by atoms with E-state index in [9.17, 15) is 8.42 Å². The van der Waals surface area contributed by atoms with Crippen LogP contribution in [-0.4, -0.2) is 55.3 Å². The van der Waals surface area contributed by atoms with Crippen molar-refractivity contribution in [3.8, 4) is 0 Å². The van der Waals surface area contributed by atoms with Crippen molar-refractivity contribution in [1.82, 2.24) is 13.9 Å². The van der Waals surface area contributed by atoms with Gasteiger partial charge in [0.25, 0.3) is 10.2 Å². The molecule has 2 atom stereocenters. The normalized spacial score (nSPS) is 30.8. The van der Waals surface area contributed by atoms with Gasteiger partial charge in [-0.3, -0.25) is 0 Å². The molecule has 0 amide bonds. The Morgan fingerprint density at radius 2 is 1.90 bits per heavy atom. The second-order valence-electron chi connectivity index (χ2n) is 6.50. The first-order chi connectivity index (χ1) is 9.63. The van der Waals surface area contributed by atoms with Crippen molar-refractivity contribution < 1.29 is 8.42 Å². The summed E-state index contributed by atoms with van der Waals surface area (Å²) in [6, 6.07) is 0.478. The Bertz CT molecular complexity index is 440. The maximum absolute atomic E-state index is 13.0. The molecule has 0 aromatic rings. The van der Waals surface area contributed by atoms with Gasteiger partial charge in [0.2, 0.25) is 0 Å². The van der Waals surface area contributed by atoms with E-state index in [1.54, 1.807) is 0 Å². The lowest BCUT2D eigenvalue weighted by Gasteiger charge is -2.38. The molecule has 5 nitrogen and oxygen atoms in total. The highest BCUT2D eigenvalue weighted by atomic mass is 35.5. The number of hydrogen-bond donors (Lipinski definition) is 1. The van der Waals surface area contributed by atoms with E-state index in [1.807, 2.05) is 8.61 Å². The average Bonchev–Trinajstić information content (AvgIpc) is 3.08. The molecule has 0 radical (unpaired) electrons. The molecular weight excluding hydrogens is 310 g/mol. The summed E-state index contributed by atoms with van der Waals surface area (Å²) in [6.07, 6.45) is 6.16. The molecule has 3 fully saturated rings. The summed E-state index contributed by atoms with van der Waals surface area (Å²) in [6.45, 7) is 5.37. The first-order valence-corrected chi connectivity index (χ1v) is 9.52. The minimum atomic E-state index is -3.25. The monoisotopic (exact) mass is 337 g/mol. The smallest absolute Gasteiger partial charge is 0.282 e. The zero-order valence-electron chi connectivity index (χ0n) is 12.8. The number of hydrogen-bond acceptors (Lipinski definition) is 3. The van der Waals surface area contributed by atoms with Gasteiger partial charge in [-0.1, -0.05) is 6.92 Å². The molecule has 2 heterocycles. The van der Waals surface area contributed by atoms with Crippen LogP contribution >= 0.6 is 12.4 Å². The van der Waals surface area contributed by atoms with Crippen molar-refractivity contribution in [3.63, 3.8) is 0 Å². The lowest BCUT2D eigenvalue weighted by molar-refractivity contribution is 0.229. The Hall–Kier alpha value is 0.120. The molecule has 2 unspecified atom stereocenters. The van der Waals surface area contributed by atoms with E-state index >= 15 is 0 Å². The number of nitrogens with zero attached hydrogens (tertiary/aromatic N) is 2. The number of rotatable bonds is 5. The SMILES string of the molecule is CCCN(C1CCNCC1)S(=O)(=O)N1CC2CCC1C2.Cl. The fourth-order valence-corrected chi connectivity index (χ4v) is 6.34. The van der Waals surface area contributed by atoms with E-state index in [1.165, 1.54) is 6.42 Å². The molecule has 0 aromatic heterocycles. The largest absolute Gasteiger partial charge is 0.317 e. The maximum atomic E-state index is 13.0. The van der Waals surface area contributed by atoms with E-state index in [0.717, 1.165) is 51.7 Å². The lowest BCUT2D eigenvalue weighted by atomic mass is 10.1. The molecule has 2 saturated heterocycles.